The summed E-state index contributed by atoms with van der Waals surface area (Å²) in [4.78, 5) is 12.9. The van der Waals surface area contributed by atoms with E-state index >= 15 is 0 Å². The largest absolute Gasteiger partial charge is 0.399 e. The zero-order valence-electron chi connectivity index (χ0n) is 16.1. The molecule has 0 bridgehead atoms. The van der Waals surface area contributed by atoms with Gasteiger partial charge in [0.1, 0.15) is 0 Å². The molecule has 0 aliphatic carbocycles. The van der Waals surface area contributed by atoms with Crippen LogP contribution in [0.3, 0.4) is 0 Å². The van der Waals surface area contributed by atoms with E-state index in [1.807, 2.05) is 30.3 Å². The third-order valence-corrected chi connectivity index (χ3v) is 5.92. The molecule has 0 aromatic heterocycles. The molecule has 8 heteroatoms. The smallest absolute Gasteiger partial charge is 0.258 e. The predicted octanol–water partition coefficient (Wildman–Crippen LogP) is 3.16. The number of anilines is 3. The second-order valence-corrected chi connectivity index (χ2v) is 8.56. The van der Waals surface area contributed by atoms with Crippen molar-refractivity contribution in [1.82, 2.24) is 0 Å². The maximum Gasteiger partial charge on any atom is 0.258 e. The number of aryl methyl sites for hydroxylation is 1. The molecule has 152 valence electrons. The van der Waals surface area contributed by atoms with E-state index in [0.717, 1.165) is 5.56 Å². The number of sulfonamides is 1. The highest BCUT2D eigenvalue weighted by Crippen LogP contribution is 2.38. The number of rotatable bonds is 4. The fourth-order valence-corrected chi connectivity index (χ4v) is 4.25. The number of primary sulfonamides is 1. The van der Waals surface area contributed by atoms with E-state index in [2.05, 4.69) is 10.6 Å². The second kappa shape index (κ2) is 7.33. The summed E-state index contributed by atoms with van der Waals surface area (Å²) in [5, 5.41) is 11.4. The van der Waals surface area contributed by atoms with Gasteiger partial charge in [-0.15, -0.1) is 0 Å². The normalized spacial score (nSPS) is 14.8. The van der Waals surface area contributed by atoms with Gasteiger partial charge in [-0.05, 0) is 48.4 Å². The van der Waals surface area contributed by atoms with Gasteiger partial charge in [0.05, 0.1) is 16.2 Å². The minimum atomic E-state index is -3.89. The van der Waals surface area contributed by atoms with Crippen LogP contribution < -0.4 is 21.5 Å². The topological polar surface area (TPSA) is 127 Å². The van der Waals surface area contributed by atoms with Gasteiger partial charge in [-0.3, -0.25) is 4.79 Å². The van der Waals surface area contributed by atoms with Gasteiger partial charge in [0.25, 0.3) is 5.91 Å². The number of fused-ring (bicyclic) bond motifs is 1. The Labute approximate surface area is 174 Å². The van der Waals surface area contributed by atoms with Crippen LogP contribution in [0.4, 0.5) is 17.1 Å². The van der Waals surface area contributed by atoms with Crippen LogP contribution in [0.15, 0.2) is 71.6 Å². The van der Waals surface area contributed by atoms with E-state index in [4.69, 9.17) is 10.9 Å². The highest BCUT2D eigenvalue weighted by molar-refractivity contribution is 7.89. The van der Waals surface area contributed by atoms with Crippen molar-refractivity contribution < 1.29 is 13.2 Å². The van der Waals surface area contributed by atoms with Crippen molar-refractivity contribution in [2.75, 3.05) is 16.4 Å². The van der Waals surface area contributed by atoms with E-state index in [-0.39, 0.29) is 10.8 Å². The molecule has 0 radical (unpaired) electrons. The molecule has 0 saturated carbocycles. The molecule has 0 spiro atoms. The molecular formula is C22H20N4O3S. The van der Waals surface area contributed by atoms with Crippen molar-refractivity contribution in [2.24, 2.45) is 5.14 Å². The summed E-state index contributed by atoms with van der Waals surface area (Å²) in [6, 6.07) is 19.4. The number of hydrogen-bond acceptors (Lipinski definition) is 5. The maximum atomic E-state index is 12.9. The van der Waals surface area contributed by atoms with Crippen LogP contribution in [0.5, 0.6) is 0 Å². The van der Waals surface area contributed by atoms with Gasteiger partial charge in [0.2, 0.25) is 10.0 Å². The summed E-state index contributed by atoms with van der Waals surface area (Å²) in [5.41, 5.74) is 10.5. The lowest BCUT2D eigenvalue weighted by Gasteiger charge is -2.16. The standard InChI is InChI=1S/C22H20N4O3S/c1-13-7-9-16(12-19(13)30(24,28)29)25-21(14-5-3-2-4-6-14)20-17-11-15(23)8-10-18(17)26-22(20)27/h2-12,25H,23H2,1H3,(H,26,27)(H2,24,28,29). The number of nitrogen functional groups attached to an aromatic ring is 1. The molecule has 1 amide bonds. The first-order valence-electron chi connectivity index (χ1n) is 9.15. The molecule has 30 heavy (non-hydrogen) atoms. The Morgan fingerprint density at radius 3 is 2.43 bits per heavy atom. The zero-order chi connectivity index (χ0) is 21.5. The molecule has 7 nitrogen and oxygen atoms in total. The molecule has 3 aromatic carbocycles. The average molecular weight is 420 g/mol. The highest BCUT2D eigenvalue weighted by Gasteiger charge is 2.28. The Morgan fingerprint density at radius 1 is 1.00 bits per heavy atom. The van der Waals surface area contributed by atoms with Crippen LogP contribution in [0, 0.1) is 6.92 Å². The van der Waals surface area contributed by atoms with Crippen molar-refractivity contribution in [3.05, 3.63) is 83.4 Å². The zero-order valence-corrected chi connectivity index (χ0v) is 17.0. The van der Waals surface area contributed by atoms with E-state index in [1.165, 1.54) is 6.07 Å². The van der Waals surface area contributed by atoms with E-state index < -0.39 is 10.0 Å². The van der Waals surface area contributed by atoms with Gasteiger partial charge < -0.3 is 16.4 Å². The number of amides is 1. The van der Waals surface area contributed by atoms with E-state index in [9.17, 15) is 13.2 Å². The van der Waals surface area contributed by atoms with Crippen molar-refractivity contribution in [1.29, 1.82) is 0 Å². The molecule has 1 heterocycles. The summed E-state index contributed by atoms with van der Waals surface area (Å²) in [6.07, 6.45) is 0. The molecule has 4 rings (SSSR count). The lowest BCUT2D eigenvalue weighted by molar-refractivity contribution is -0.110. The van der Waals surface area contributed by atoms with E-state index in [1.54, 1.807) is 37.3 Å². The van der Waals surface area contributed by atoms with Crippen LogP contribution in [-0.2, 0) is 14.8 Å². The van der Waals surface area contributed by atoms with Crippen molar-refractivity contribution >= 4 is 44.3 Å². The number of carbonyl (C=O) groups is 1. The summed E-state index contributed by atoms with van der Waals surface area (Å²) in [6.45, 7) is 1.67. The Morgan fingerprint density at radius 2 is 1.73 bits per heavy atom. The van der Waals surface area contributed by atoms with Crippen molar-refractivity contribution in [3.63, 3.8) is 0 Å². The van der Waals surface area contributed by atoms with Gasteiger partial charge in [-0.2, -0.15) is 0 Å². The van der Waals surface area contributed by atoms with Gasteiger partial charge in [-0.1, -0.05) is 36.4 Å². The second-order valence-electron chi connectivity index (χ2n) is 7.03. The number of hydrogen-bond donors (Lipinski definition) is 4. The molecular weight excluding hydrogens is 400 g/mol. The first-order chi connectivity index (χ1) is 14.2. The summed E-state index contributed by atoms with van der Waals surface area (Å²) >= 11 is 0. The van der Waals surface area contributed by atoms with Crippen LogP contribution in [0.1, 0.15) is 16.7 Å². The highest BCUT2D eigenvalue weighted by atomic mass is 32.2. The fourth-order valence-electron chi connectivity index (χ4n) is 3.45. The minimum Gasteiger partial charge on any atom is -0.399 e. The summed E-state index contributed by atoms with van der Waals surface area (Å²) in [5.74, 6) is -0.277. The van der Waals surface area contributed by atoms with Gasteiger partial charge in [-0.25, -0.2) is 13.6 Å². The Bertz CT molecular complexity index is 1300. The minimum absolute atomic E-state index is 0.0189. The van der Waals surface area contributed by atoms with E-state index in [0.29, 0.717) is 39.5 Å². The maximum absolute atomic E-state index is 12.9. The number of nitrogens with two attached hydrogens (primary N) is 2. The van der Waals surface area contributed by atoms with Gasteiger partial charge in [0, 0.05) is 22.6 Å². The number of nitrogens with one attached hydrogen (secondary N) is 2. The van der Waals surface area contributed by atoms with Crippen molar-refractivity contribution in [2.45, 2.75) is 11.8 Å². The summed E-state index contributed by atoms with van der Waals surface area (Å²) in [7, 11) is -3.89. The molecule has 3 aromatic rings. The predicted molar refractivity (Wildman–Crippen MR) is 119 cm³/mol. The quantitative estimate of drug-likeness (QED) is 0.381. The fraction of sp³-hybridized carbons (Fsp3) is 0.0455. The third-order valence-electron chi connectivity index (χ3n) is 4.86. The van der Waals surface area contributed by atoms with Gasteiger partial charge in [0.15, 0.2) is 0 Å². The molecule has 0 saturated heterocycles. The first-order valence-corrected chi connectivity index (χ1v) is 10.7. The molecule has 0 atom stereocenters. The SMILES string of the molecule is Cc1ccc(NC(=C2C(=O)Nc3ccc(N)cc32)c2ccccc2)cc1S(N)(=O)=O. The number of carbonyl (C=O) groups excluding carboxylic acids is 1. The Kier molecular flexibility index (Phi) is 4.81. The van der Waals surface area contributed by atoms with Crippen molar-refractivity contribution in [3.8, 4) is 0 Å². The molecule has 0 unspecified atom stereocenters. The Hall–Kier alpha value is -3.62. The van der Waals surface area contributed by atoms with Crippen LogP contribution in [-0.4, -0.2) is 14.3 Å². The van der Waals surface area contributed by atoms with Crippen LogP contribution in [0.2, 0.25) is 0 Å². The first kappa shape index (κ1) is 19.7. The molecule has 1 aliphatic heterocycles. The lowest BCUT2D eigenvalue weighted by Crippen LogP contribution is -2.14. The summed E-state index contributed by atoms with van der Waals surface area (Å²) < 4.78 is 23.9. The third kappa shape index (κ3) is 3.66. The Balaban J connectivity index is 1.92. The van der Waals surface area contributed by atoms with Crippen LogP contribution >= 0.6 is 0 Å². The van der Waals surface area contributed by atoms with Crippen LogP contribution in [0.25, 0.3) is 11.3 Å². The monoisotopic (exact) mass is 420 g/mol. The van der Waals surface area contributed by atoms with Gasteiger partial charge >= 0.3 is 0 Å². The number of benzene rings is 3. The molecule has 0 fully saturated rings. The average Bonchev–Trinajstić information content (AvgIpc) is 3.02. The molecule has 6 N–H and O–H groups in total. The molecule has 1 aliphatic rings. The lowest BCUT2D eigenvalue weighted by atomic mass is 9.99.